The monoisotopic (exact) mass is 379 g/mol. The van der Waals surface area contributed by atoms with E-state index in [4.69, 9.17) is 4.74 Å². The van der Waals surface area contributed by atoms with Crippen molar-refractivity contribution in [2.45, 2.75) is 25.6 Å². The first-order valence-corrected chi connectivity index (χ1v) is 9.44. The molecule has 4 heteroatoms. The van der Waals surface area contributed by atoms with Gasteiger partial charge in [-0.3, -0.25) is 4.90 Å². The van der Waals surface area contributed by atoms with E-state index in [1.165, 1.54) is 12.1 Å². The second-order valence-electron chi connectivity index (χ2n) is 6.99. The maximum atomic E-state index is 13.2. The SMILES string of the molecule is COc1cccc(CN(Cc2ccc(F)cc2)C[C@H](O)Cc2ccccc2)c1. The minimum atomic E-state index is -0.492. The molecule has 0 unspecified atom stereocenters. The molecule has 3 aromatic carbocycles. The summed E-state index contributed by atoms with van der Waals surface area (Å²) >= 11 is 0. The van der Waals surface area contributed by atoms with Crippen molar-refractivity contribution in [2.75, 3.05) is 13.7 Å². The Morgan fingerprint density at radius 3 is 2.25 bits per heavy atom. The number of methoxy groups -OCH3 is 1. The van der Waals surface area contributed by atoms with E-state index in [0.717, 1.165) is 22.4 Å². The summed E-state index contributed by atoms with van der Waals surface area (Å²) in [4.78, 5) is 2.18. The lowest BCUT2D eigenvalue weighted by Gasteiger charge is -2.25. The van der Waals surface area contributed by atoms with Crippen LogP contribution in [0.4, 0.5) is 4.39 Å². The lowest BCUT2D eigenvalue weighted by atomic mass is 10.1. The summed E-state index contributed by atoms with van der Waals surface area (Å²) in [7, 11) is 1.65. The van der Waals surface area contributed by atoms with Crippen molar-refractivity contribution < 1.29 is 14.2 Å². The van der Waals surface area contributed by atoms with Gasteiger partial charge in [0.1, 0.15) is 11.6 Å². The van der Waals surface area contributed by atoms with E-state index >= 15 is 0 Å². The fourth-order valence-corrected chi connectivity index (χ4v) is 3.31. The molecular formula is C24H26FNO2. The zero-order valence-corrected chi connectivity index (χ0v) is 16.1. The average molecular weight is 379 g/mol. The fourth-order valence-electron chi connectivity index (χ4n) is 3.31. The summed E-state index contributed by atoms with van der Waals surface area (Å²) in [6.45, 7) is 1.81. The normalized spacial score (nSPS) is 12.1. The lowest BCUT2D eigenvalue weighted by Crippen LogP contribution is -2.33. The summed E-state index contributed by atoms with van der Waals surface area (Å²) in [6, 6.07) is 24.4. The molecule has 0 aromatic heterocycles. The van der Waals surface area contributed by atoms with Crippen LogP contribution in [-0.4, -0.2) is 29.8 Å². The molecule has 0 aliphatic heterocycles. The molecule has 0 radical (unpaired) electrons. The molecule has 28 heavy (non-hydrogen) atoms. The third kappa shape index (κ3) is 6.19. The van der Waals surface area contributed by atoms with Gasteiger partial charge in [-0.15, -0.1) is 0 Å². The van der Waals surface area contributed by atoms with Gasteiger partial charge in [-0.05, 0) is 47.4 Å². The summed E-state index contributed by atoms with van der Waals surface area (Å²) in [5.74, 6) is 0.566. The number of rotatable bonds is 9. The van der Waals surface area contributed by atoms with Gasteiger partial charge in [0.05, 0.1) is 13.2 Å². The smallest absolute Gasteiger partial charge is 0.123 e. The van der Waals surface area contributed by atoms with E-state index < -0.39 is 6.10 Å². The van der Waals surface area contributed by atoms with Crippen LogP contribution in [0.1, 0.15) is 16.7 Å². The Balaban J connectivity index is 1.71. The second-order valence-corrected chi connectivity index (χ2v) is 6.99. The Bertz CT molecular complexity index is 852. The van der Waals surface area contributed by atoms with Gasteiger partial charge in [-0.1, -0.05) is 54.6 Å². The van der Waals surface area contributed by atoms with Gasteiger partial charge in [0.2, 0.25) is 0 Å². The Labute approximate surface area is 166 Å². The van der Waals surface area contributed by atoms with Crippen LogP contribution >= 0.6 is 0 Å². The highest BCUT2D eigenvalue weighted by molar-refractivity contribution is 5.28. The van der Waals surface area contributed by atoms with Crippen LogP contribution < -0.4 is 4.74 Å². The number of benzene rings is 3. The van der Waals surface area contributed by atoms with Gasteiger partial charge < -0.3 is 9.84 Å². The van der Waals surface area contributed by atoms with Gasteiger partial charge in [0.15, 0.2) is 0 Å². The van der Waals surface area contributed by atoms with Crippen LogP contribution in [0.2, 0.25) is 0 Å². The first-order valence-electron chi connectivity index (χ1n) is 9.44. The predicted molar refractivity (Wildman–Crippen MR) is 110 cm³/mol. The van der Waals surface area contributed by atoms with Crippen LogP contribution in [-0.2, 0) is 19.5 Å². The van der Waals surface area contributed by atoms with Crippen molar-refractivity contribution in [2.24, 2.45) is 0 Å². The molecule has 1 atom stereocenters. The number of halogens is 1. The van der Waals surface area contributed by atoms with E-state index in [2.05, 4.69) is 4.90 Å². The molecule has 0 bridgehead atoms. The van der Waals surface area contributed by atoms with Crippen molar-refractivity contribution in [3.8, 4) is 5.75 Å². The molecule has 0 spiro atoms. The molecule has 3 nitrogen and oxygen atoms in total. The summed E-state index contributed by atoms with van der Waals surface area (Å²) in [5, 5.41) is 10.6. The standard InChI is InChI=1S/C24H26FNO2/c1-28-24-9-5-8-21(15-24)17-26(16-20-10-12-22(25)13-11-20)18-23(27)14-19-6-3-2-4-7-19/h2-13,15,23,27H,14,16-18H2,1H3/t23-/m1/s1. The Kier molecular flexibility index (Phi) is 7.18. The largest absolute Gasteiger partial charge is 0.497 e. The van der Waals surface area contributed by atoms with Crippen LogP contribution in [0.5, 0.6) is 5.75 Å². The Hall–Kier alpha value is -2.69. The molecule has 0 amide bonds. The molecule has 0 aliphatic carbocycles. The quantitative estimate of drug-likeness (QED) is 0.597. The molecular weight excluding hydrogens is 353 g/mol. The van der Waals surface area contributed by atoms with Crippen molar-refractivity contribution in [1.82, 2.24) is 4.90 Å². The fraction of sp³-hybridized carbons (Fsp3) is 0.250. The van der Waals surface area contributed by atoms with Crippen LogP contribution in [0.3, 0.4) is 0 Å². The minimum absolute atomic E-state index is 0.243. The van der Waals surface area contributed by atoms with Gasteiger partial charge in [-0.25, -0.2) is 4.39 Å². The molecule has 0 aliphatic rings. The zero-order valence-electron chi connectivity index (χ0n) is 16.1. The van der Waals surface area contributed by atoms with E-state index in [1.807, 2.05) is 54.6 Å². The number of aliphatic hydroxyl groups is 1. The number of hydrogen-bond acceptors (Lipinski definition) is 3. The average Bonchev–Trinajstić information content (AvgIpc) is 2.70. The van der Waals surface area contributed by atoms with Gasteiger partial charge in [0, 0.05) is 19.6 Å². The van der Waals surface area contributed by atoms with Crippen LogP contribution in [0.25, 0.3) is 0 Å². The van der Waals surface area contributed by atoms with Gasteiger partial charge in [-0.2, -0.15) is 0 Å². The second kappa shape index (κ2) is 10.0. The van der Waals surface area contributed by atoms with E-state index in [-0.39, 0.29) is 5.82 Å². The highest BCUT2D eigenvalue weighted by atomic mass is 19.1. The Morgan fingerprint density at radius 2 is 1.54 bits per heavy atom. The molecule has 0 fully saturated rings. The summed E-state index contributed by atoms with van der Waals surface area (Å²) in [6.07, 6.45) is 0.104. The van der Waals surface area contributed by atoms with Crippen LogP contribution in [0.15, 0.2) is 78.9 Å². The summed E-state index contributed by atoms with van der Waals surface area (Å²) < 4.78 is 18.6. The van der Waals surface area contributed by atoms with Crippen LogP contribution in [0, 0.1) is 5.82 Å². The number of nitrogens with zero attached hydrogens (tertiary/aromatic N) is 1. The number of hydrogen-bond donors (Lipinski definition) is 1. The topological polar surface area (TPSA) is 32.7 Å². The Morgan fingerprint density at radius 1 is 0.857 bits per heavy atom. The lowest BCUT2D eigenvalue weighted by molar-refractivity contribution is 0.104. The molecule has 146 valence electrons. The molecule has 0 saturated carbocycles. The van der Waals surface area contributed by atoms with Gasteiger partial charge in [0.25, 0.3) is 0 Å². The van der Waals surface area contributed by atoms with Crippen molar-refractivity contribution in [3.05, 3.63) is 101 Å². The highest BCUT2D eigenvalue weighted by Crippen LogP contribution is 2.17. The molecule has 3 aromatic rings. The zero-order chi connectivity index (χ0) is 19.8. The molecule has 1 N–H and O–H groups in total. The molecule has 0 saturated heterocycles. The molecule has 3 rings (SSSR count). The first-order chi connectivity index (χ1) is 13.6. The highest BCUT2D eigenvalue weighted by Gasteiger charge is 2.14. The van der Waals surface area contributed by atoms with Crippen molar-refractivity contribution in [3.63, 3.8) is 0 Å². The summed E-state index contributed by atoms with van der Waals surface area (Å²) in [5.41, 5.74) is 3.22. The third-order valence-corrected chi connectivity index (χ3v) is 4.64. The minimum Gasteiger partial charge on any atom is -0.497 e. The van der Waals surface area contributed by atoms with E-state index in [9.17, 15) is 9.50 Å². The van der Waals surface area contributed by atoms with E-state index in [1.54, 1.807) is 19.2 Å². The third-order valence-electron chi connectivity index (χ3n) is 4.64. The maximum absolute atomic E-state index is 13.2. The van der Waals surface area contributed by atoms with Crippen molar-refractivity contribution >= 4 is 0 Å². The van der Waals surface area contributed by atoms with Gasteiger partial charge >= 0.3 is 0 Å². The first kappa shape index (κ1) is 20.1. The van der Waals surface area contributed by atoms with Crippen molar-refractivity contribution in [1.29, 1.82) is 0 Å². The number of ether oxygens (including phenoxy) is 1. The van der Waals surface area contributed by atoms with E-state index in [0.29, 0.717) is 26.1 Å². The maximum Gasteiger partial charge on any atom is 0.123 e. The number of aliphatic hydroxyl groups excluding tert-OH is 1. The molecule has 0 heterocycles. The predicted octanol–water partition coefficient (Wildman–Crippen LogP) is 4.44.